The molecule has 0 aliphatic rings. The van der Waals surface area contributed by atoms with E-state index in [1.54, 1.807) is 20.8 Å². The average Bonchev–Trinajstić information content (AvgIpc) is 2.44. The van der Waals surface area contributed by atoms with Crippen molar-refractivity contribution in [3.8, 4) is 0 Å². The minimum absolute atomic E-state index is 0. The molecule has 0 atom stereocenters. The second-order valence-corrected chi connectivity index (χ2v) is 8.90. The molecule has 0 amide bonds. The summed E-state index contributed by atoms with van der Waals surface area (Å²) < 4.78 is 23.4. The molecule has 0 aliphatic carbocycles. The van der Waals surface area contributed by atoms with E-state index in [9.17, 15) is 8.42 Å². The van der Waals surface area contributed by atoms with Gasteiger partial charge in [0.05, 0.1) is 17.0 Å². The smallest absolute Gasteiger partial charge is 0.191 e. The number of aliphatic imine (C=N–C) groups is 1. The van der Waals surface area contributed by atoms with Crippen molar-refractivity contribution in [3.63, 3.8) is 0 Å². The Bertz CT molecular complexity index is 581. The molecule has 1 aromatic rings. The zero-order valence-corrected chi connectivity index (χ0v) is 17.4. The summed E-state index contributed by atoms with van der Waals surface area (Å²) in [6.07, 6.45) is 0. The molecule has 0 spiro atoms. The second kappa shape index (κ2) is 10.1. The van der Waals surface area contributed by atoms with E-state index in [-0.39, 0.29) is 29.7 Å². The number of halogens is 1. The van der Waals surface area contributed by atoms with Crippen molar-refractivity contribution in [3.05, 3.63) is 35.9 Å². The van der Waals surface area contributed by atoms with Gasteiger partial charge >= 0.3 is 0 Å². The molecule has 7 heteroatoms. The highest BCUT2D eigenvalue weighted by Crippen LogP contribution is 2.15. The zero-order chi connectivity index (χ0) is 16.6. The van der Waals surface area contributed by atoms with E-state index in [0.717, 1.165) is 12.1 Å². The van der Waals surface area contributed by atoms with Gasteiger partial charge in [-0.3, -0.25) is 0 Å². The van der Waals surface area contributed by atoms with E-state index in [1.165, 1.54) is 0 Å². The van der Waals surface area contributed by atoms with Crippen LogP contribution in [0, 0.1) is 0 Å². The molecule has 1 rings (SSSR count). The molecule has 132 valence electrons. The summed E-state index contributed by atoms with van der Waals surface area (Å²) >= 11 is 0. The lowest BCUT2D eigenvalue weighted by molar-refractivity contribution is 0.559. The van der Waals surface area contributed by atoms with Crippen LogP contribution in [0.4, 0.5) is 0 Å². The van der Waals surface area contributed by atoms with Crippen LogP contribution in [0.3, 0.4) is 0 Å². The summed E-state index contributed by atoms with van der Waals surface area (Å²) in [6.45, 7) is 8.77. The third-order valence-corrected chi connectivity index (χ3v) is 5.81. The molecule has 0 aromatic heterocycles. The SMILES string of the molecule is CCNC(=NCc1ccccc1)NCCS(=O)(=O)C(C)(C)C.I. The van der Waals surface area contributed by atoms with Crippen LogP contribution in [-0.2, 0) is 16.4 Å². The first-order chi connectivity index (χ1) is 10.3. The summed E-state index contributed by atoms with van der Waals surface area (Å²) in [5.41, 5.74) is 1.11. The number of guanidine groups is 1. The second-order valence-electron chi connectivity index (χ2n) is 6.04. The van der Waals surface area contributed by atoms with E-state index in [0.29, 0.717) is 19.0 Å². The number of benzene rings is 1. The van der Waals surface area contributed by atoms with Crippen molar-refractivity contribution in [2.45, 2.75) is 39.0 Å². The fourth-order valence-electron chi connectivity index (χ4n) is 1.71. The topological polar surface area (TPSA) is 70.6 Å². The minimum atomic E-state index is -3.12. The van der Waals surface area contributed by atoms with Gasteiger partial charge in [-0.1, -0.05) is 30.3 Å². The lowest BCUT2D eigenvalue weighted by Crippen LogP contribution is -2.41. The summed E-state index contributed by atoms with van der Waals surface area (Å²) in [6, 6.07) is 9.94. The molecule has 0 unspecified atom stereocenters. The summed E-state index contributed by atoms with van der Waals surface area (Å²) in [7, 11) is -3.12. The first-order valence-corrected chi connectivity index (χ1v) is 9.20. The molecule has 0 bridgehead atoms. The molecule has 2 N–H and O–H groups in total. The molecule has 5 nitrogen and oxygen atoms in total. The van der Waals surface area contributed by atoms with Gasteiger partial charge < -0.3 is 10.6 Å². The third kappa shape index (κ3) is 8.01. The molecular weight excluding hydrogens is 425 g/mol. The first-order valence-electron chi connectivity index (χ1n) is 7.54. The molecule has 23 heavy (non-hydrogen) atoms. The van der Waals surface area contributed by atoms with Crippen LogP contribution >= 0.6 is 24.0 Å². The molecule has 0 saturated heterocycles. The Hall–Kier alpha value is -0.830. The maximum atomic E-state index is 12.1. The molecular formula is C16H28IN3O2S. The molecule has 0 saturated carbocycles. The maximum absolute atomic E-state index is 12.1. The molecule has 1 aromatic carbocycles. The Kier molecular flexibility index (Phi) is 9.76. The van der Waals surface area contributed by atoms with Gasteiger partial charge in [0.2, 0.25) is 0 Å². The van der Waals surface area contributed by atoms with Gasteiger partial charge in [0.25, 0.3) is 0 Å². The van der Waals surface area contributed by atoms with Crippen molar-refractivity contribution >= 4 is 39.8 Å². The number of nitrogens with zero attached hydrogens (tertiary/aromatic N) is 1. The molecule has 0 fully saturated rings. The van der Waals surface area contributed by atoms with E-state index >= 15 is 0 Å². The van der Waals surface area contributed by atoms with Crippen molar-refractivity contribution in [1.29, 1.82) is 0 Å². The largest absolute Gasteiger partial charge is 0.357 e. The van der Waals surface area contributed by atoms with Crippen LogP contribution in [0.25, 0.3) is 0 Å². The fourth-order valence-corrected chi connectivity index (χ4v) is 2.69. The van der Waals surface area contributed by atoms with Gasteiger partial charge in [-0.2, -0.15) is 0 Å². The highest BCUT2D eigenvalue weighted by molar-refractivity contribution is 14.0. The Labute approximate surface area is 157 Å². The monoisotopic (exact) mass is 453 g/mol. The van der Waals surface area contributed by atoms with Gasteiger partial charge in [-0.15, -0.1) is 24.0 Å². The lowest BCUT2D eigenvalue weighted by atomic mass is 10.2. The van der Waals surface area contributed by atoms with Crippen LogP contribution in [0.2, 0.25) is 0 Å². The lowest BCUT2D eigenvalue weighted by Gasteiger charge is -2.19. The predicted molar refractivity (Wildman–Crippen MR) is 108 cm³/mol. The van der Waals surface area contributed by atoms with E-state index < -0.39 is 14.6 Å². The van der Waals surface area contributed by atoms with Gasteiger partial charge in [-0.05, 0) is 33.3 Å². The summed E-state index contributed by atoms with van der Waals surface area (Å²) in [5.74, 6) is 0.724. The Balaban J connectivity index is 0.00000484. The van der Waals surface area contributed by atoms with Gasteiger partial charge in [0, 0.05) is 13.1 Å². The maximum Gasteiger partial charge on any atom is 0.191 e. The number of hydrogen-bond acceptors (Lipinski definition) is 3. The molecule has 0 aliphatic heterocycles. The van der Waals surface area contributed by atoms with Gasteiger partial charge in [-0.25, -0.2) is 13.4 Å². The van der Waals surface area contributed by atoms with Crippen LogP contribution < -0.4 is 10.6 Å². The van der Waals surface area contributed by atoms with Gasteiger partial charge in [0.1, 0.15) is 0 Å². The quantitative estimate of drug-likeness (QED) is 0.395. The first kappa shape index (κ1) is 22.2. The highest BCUT2D eigenvalue weighted by atomic mass is 127. The van der Waals surface area contributed by atoms with Crippen LogP contribution in [-0.4, -0.2) is 38.0 Å². The standard InChI is InChI=1S/C16H27N3O2S.HI/c1-5-17-15(19-13-14-9-7-6-8-10-14)18-11-12-22(20,21)16(2,3)4;/h6-10H,5,11-13H2,1-4H3,(H2,17,18,19);1H. The van der Waals surface area contributed by atoms with Crippen LogP contribution in [0.15, 0.2) is 35.3 Å². The summed E-state index contributed by atoms with van der Waals surface area (Å²) in [4.78, 5) is 4.47. The number of rotatable bonds is 6. The van der Waals surface area contributed by atoms with Crippen molar-refractivity contribution in [1.82, 2.24) is 10.6 Å². The number of sulfone groups is 1. The average molecular weight is 453 g/mol. The highest BCUT2D eigenvalue weighted by Gasteiger charge is 2.28. The predicted octanol–water partition coefficient (Wildman–Crippen LogP) is 2.57. The molecule has 0 heterocycles. The van der Waals surface area contributed by atoms with Gasteiger partial charge in [0.15, 0.2) is 15.8 Å². The van der Waals surface area contributed by atoms with E-state index in [2.05, 4.69) is 15.6 Å². The molecule has 0 radical (unpaired) electrons. The number of nitrogens with one attached hydrogen (secondary N) is 2. The zero-order valence-electron chi connectivity index (χ0n) is 14.3. The van der Waals surface area contributed by atoms with Crippen LogP contribution in [0.5, 0.6) is 0 Å². The van der Waals surface area contributed by atoms with E-state index in [4.69, 9.17) is 0 Å². The summed E-state index contributed by atoms with van der Waals surface area (Å²) in [5, 5.41) is 6.20. The fraction of sp³-hybridized carbons (Fsp3) is 0.562. The Morgan fingerprint density at radius 3 is 2.26 bits per heavy atom. The van der Waals surface area contributed by atoms with E-state index in [1.807, 2.05) is 37.3 Å². The Morgan fingerprint density at radius 2 is 1.74 bits per heavy atom. The van der Waals surface area contributed by atoms with Crippen molar-refractivity contribution < 1.29 is 8.42 Å². The minimum Gasteiger partial charge on any atom is -0.357 e. The number of hydrogen-bond donors (Lipinski definition) is 2. The van der Waals surface area contributed by atoms with Crippen LogP contribution in [0.1, 0.15) is 33.3 Å². The Morgan fingerprint density at radius 1 is 1.13 bits per heavy atom. The third-order valence-electron chi connectivity index (χ3n) is 3.20. The normalized spacial score (nSPS) is 12.4. The van der Waals surface area contributed by atoms with Crippen molar-refractivity contribution in [2.75, 3.05) is 18.8 Å². The van der Waals surface area contributed by atoms with Crippen molar-refractivity contribution in [2.24, 2.45) is 4.99 Å².